The van der Waals surface area contributed by atoms with Crippen LogP contribution in [0.15, 0.2) is 36.4 Å². The van der Waals surface area contributed by atoms with Crippen molar-refractivity contribution in [2.24, 2.45) is 0 Å². The van der Waals surface area contributed by atoms with Crippen molar-refractivity contribution in [3.63, 3.8) is 0 Å². The first-order valence-electron chi connectivity index (χ1n) is 10.4. The Morgan fingerprint density at radius 2 is 1.88 bits per heavy atom. The van der Waals surface area contributed by atoms with Gasteiger partial charge < -0.3 is 15.1 Å². The molecule has 2 aromatic rings. The van der Waals surface area contributed by atoms with Crippen LogP contribution in [0.4, 0.5) is 17.1 Å². The number of nitro groups is 1. The Hall–Kier alpha value is -2.84. The minimum Gasteiger partial charge on any atom is -0.366 e. The smallest absolute Gasteiger partial charge is 0.293 e. The van der Waals surface area contributed by atoms with Crippen molar-refractivity contribution >= 4 is 52.1 Å². The van der Waals surface area contributed by atoms with Crippen molar-refractivity contribution in [1.29, 1.82) is 0 Å². The monoisotopic (exact) mass is 478 g/mol. The van der Waals surface area contributed by atoms with Gasteiger partial charge in [-0.3, -0.25) is 19.7 Å². The van der Waals surface area contributed by atoms with Crippen molar-refractivity contribution in [3.05, 3.63) is 62.1 Å². The summed E-state index contributed by atoms with van der Waals surface area (Å²) < 4.78 is 0. The number of halogens is 2. The topological polar surface area (TPSA) is 95.8 Å². The van der Waals surface area contributed by atoms with Crippen LogP contribution < -0.4 is 10.2 Å². The lowest BCUT2D eigenvalue weighted by Crippen LogP contribution is -2.38. The highest BCUT2D eigenvalue weighted by Crippen LogP contribution is 2.32. The van der Waals surface area contributed by atoms with Gasteiger partial charge in [0.1, 0.15) is 12.2 Å². The van der Waals surface area contributed by atoms with Crippen LogP contribution in [-0.4, -0.2) is 47.8 Å². The molecule has 2 amide bonds. The number of hydrogen-bond acceptors (Lipinski definition) is 5. The number of carbonyl (C=O) groups is 2. The first kappa shape index (κ1) is 23.8. The third kappa shape index (κ3) is 5.69. The third-order valence-electron chi connectivity index (χ3n) is 5.18. The molecule has 0 atom stereocenters. The third-order valence-corrected chi connectivity index (χ3v) is 5.75. The number of benzene rings is 2. The molecule has 0 aromatic heterocycles. The van der Waals surface area contributed by atoms with Crippen molar-refractivity contribution in [3.8, 4) is 0 Å². The van der Waals surface area contributed by atoms with E-state index in [1.54, 1.807) is 24.3 Å². The highest BCUT2D eigenvalue weighted by Gasteiger charge is 2.26. The number of carbonyl (C=O) groups excluding carboxylic acids is 2. The van der Waals surface area contributed by atoms with Gasteiger partial charge >= 0.3 is 0 Å². The molecule has 0 radical (unpaired) electrons. The Kier molecular flexibility index (Phi) is 7.93. The summed E-state index contributed by atoms with van der Waals surface area (Å²) >= 11 is 12.0. The fourth-order valence-corrected chi connectivity index (χ4v) is 4.03. The molecule has 1 saturated heterocycles. The van der Waals surface area contributed by atoms with Gasteiger partial charge in [0.05, 0.1) is 15.6 Å². The largest absolute Gasteiger partial charge is 0.366 e. The SMILES string of the molecule is CCCN(CC(=O)Nc1cc(Cl)ccc1Cl)C(=O)c1ccc(N2CCCC2)c([N+](=O)[O-])c1. The number of anilines is 2. The summed E-state index contributed by atoms with van der Waals surface area (Å²) in [4.78, 5) is 40.2. The predicted octanol–water partition coefficient (Wildman–Crippen LogP) is 4.99. The second-order valence-electron chi connectivity index (χ2n) is 7.55. The van der Waals surface area contributed by atoms with Crippen LogP contribution in [0.5, 0.6) is 0 Å². The summed E-state index contributed by atoms with van der Waals surface area (Å²) in [5, 5.41) is 15.1. The van der Waals surface area contributed by atoms with Gasteiger partial charge in [0.25, 0.3) is 11.6 Å². The van der Waals surface area contributed by atoms with Gasteiger partial charge in [-0.05, 0) is 49.6 Å². The Balaban J connectivity index is 1.79. The highest BCUT2D eigenvalue weighted by molar-refractivity contribution is 6.35. The second kappa shape index (κ2) is 10.7. The molecular weight excluding hydrogens is 455 g/mol. The van der Waals surface area contributed by atoms with Crippen LogP contribution in [0.25, 0.3) is 0 Å². The van der Waals surface area contributed by atoms with Crippen LogP contribution in [-0.2, 0) is 4.79 Å². The molecule has 0 unspecified atom stereocenters. The zero-order valence-electron chi connectivity index (χ0n) is 17.6. The Morgan fingerprint density at radius 3 is 2.53 bits per heavy atom. The van der Waals surface area contributed by atoms with Gasteiger partial charge in [0, 0.05) is 36.3 Å². The van der Waals surface area contributed by atoms with Gasteiger partial charge in [0.2, 0.25) is 5.91 Å². The maximum atomic E-state index is 13.1. The number of amides is 2. The summed E-state index contributed by atoms with van der Waals surface area (Å²) in [6, 6.07) is 9.18. The summed E-state index contributed by atoms with van der Waals surface area (Å²) in [5.74, 6) is -0.894. The minimum atomic E-state index is -0.470. The minimum absolute atomic E-state index is 0.107. The second-order valence-corrected chi connectivity index (χ2v) is 8.40. The Labute approximate surface area is 196 Å². The first-order valence-corrected chi connectivity index (χ1v) is 11.1. The normalized spacial score (nSPS) is 13.2. The van der Waals surface area contributed by atoms with E-state index in [1.807, 2.05) is 11.8 Å². The number of nitrogens with one attached hydrogen (secondary N) is 1. The van der Waals surface area contributed by atoms with Crippen LogP contribution in [0.1, 0.15) is 36.5 Å². The molecule has 32 heavy (non-hydrogen) atoms. The van der Waals surface area contributed by atoms with Crippen molar-refractivity contribution < 1.29 is 14.5 Å². The molecule has 0 aliphatic carbocycles. The quantitative estimate of drug-likeness (QED) is 0.425. The molecule has 1 fully saturated rings. The summed E-state index contributed by atoms with van der Waals surface area (Å²) in [6.07, 6.45) is 2.58. The molecule has 3 rings (SSSR count). The van der Waals surface area contributed by atoms with Crippen molar-refractivity contribution in [1.82, 2.24) is 4.90 Å². The van der Waals surface area contributed by atoms with E-state index < -0.39 is 16.7 Å². The van der Waals surface area contributed by atoms with Crippen LogP contribution in [0, 0.1) is 10.1 Å². The lowest BCUT2D eigenvalue weighted by molar-refractivity contribution is -0.384. The summed E-state index contributed by atoms with van der Waals surface area (Å²) in [7, 11) is 0. The van der Waals surface area contributed by atoms with Crippen LogP contribution >= 0.6 is 23.2 Å². The lowest BCUT2D eigenvalue weighted by Gasteiger charge is -2.23. The summed E-state index contributed by atoms with van der Waals surface area (Å²) in [6.45, 7) is 3.48. The maximum Gasteiger partial charge on any atom is 0.293 e. The predicted molar refractivity (Wildman–Crippen MR) is 126 cm³/mol. The zero-order chi connectivity index (χ0) is 23.3. The molecule has 1 aliphatic heterocycles. The van der Waals surface area contributed by atoms with Crippen molar-refractivity contribution in [2.45, 2.75) is 26.2 Å². The molecule has 1 N–H and O–H groups in total. The number of nitro benzene ring substituents is 1. The van der Waals surface area contributed by atoms with Gasteiger partial charge in [-0.1, -0.05) is 30.1 Å². The molecule has 10 heteroatoms. The molecule has 1 heterocycles. The van der Waals surface area contributed by atoms with Gasteiger partial charge in [-0.2, -0.15) is 0 Å². The Bertz CT molecular complexity index is 1020. The number of rotatable bonds is 8. The molecule has 8 nitrogen and oxygen atoms in total. The fourth-order valence-electron chi connectivity index (χ4n) is 3.69. The lowest BCUT2D eigenvalue weighted by atomic mass is 10.1. The molecule has 2 aromatic carbocycles. The Morgan fingerprint density at radius 1 is 1.16 bits per heavy atom. The van der Waals surface area contributed by atoms with E-state index in [1.165, 1.54) is 17.0 Å². The standard InChI is InChI=1S/C22H24Cl2N4O4/c1-2-9-27(14-21(29)25-18-13-16(23)6-7-17(18)24)22(30)15-5-8-19(20(12-15)28(31)32)26-10-3-4-11-26/h5-8,12-13H,2-4,9-11,14H2,1H3,(H,25,29). The van der Waals surface area contributed by atoms with E-state index in [2.05, 4.69) is 5.32 Å². The van der Waals surface area contributed by atoms with Gasteiger partial charge in [-0.25, -0.2) is 0 Å². The van der Waals surface area contributed by atoms with Crippen molar-refractivity contribution in [2.75, 3.05) is 36.4 Å². The molecule has 0 saturated carbocycles. The maximum absolute atomic E-state index is 13.1. The van der Waals surface area contributed by atoms with E-state index in [0.717, 1.165) is 25.9 Å². The van der Waals surface area contributed by atoms with Gasteiger partial charge in [0.15, 0.2) is 0 Å². The fraction of sp³-hybridized carbons (Fsp3) is 0.364. The van der Waals surface area contributed by atoms with Crippen LogP contribution in [0.2, 0.25) is 10.0 Å². The molecule has 170 valence electrons. The van der Waals surface area contributed by atoms with Crippen LogP contribution in [0.3, 0.4) is 0 Å². The first-order chi connectivity index (χ1) is 15.3. The average molecular weight is 479 g/mol. The average Bonchev–Trinajstić information content (AvgIpc) is 3.30. The number of nitrogens with zero attached hydrogens (tertiary/aromatic N) is 3. The van der Waals surface area contributed by atoms with E-state index in [0.29, 0.717) is 34.4 Å². The summed E-state index contributed by atoms with van der Waals surface area (Å²) in [5.41, 5.74) is 0.921. The highest BCUT2D eigenvalue weighted by atomic mass is 35.5. The van der Waals surface area contributed by atoms with E-state index >= 15 is 0 Å². The number of hydrogen-bond donors (Lipinski definition) is 1. The van der Waals surface area contributed by atoms with E-state index in [9.17, 15) is 19.7 Å². The molecule has 0 spiro atoms. The molecular formula is C22H24Cl2N4O4. The molecule has 1 aliphatic rings. The van der Waals surface area contributed by atoms with Gasteiger partial charge in [-0.15, -0.1) is 0 Å². The molecule has 0 bridgehead atoms. The van der Waals surface area contributed by atoms with E-state index in [4.69, 9.17) is 23.2 Å². The van der Waals surface area contributed by atoms with E-state index in [-0.39, 0.29) is 17.8 Å². The zero-order valence-corrected chi connectivity index (χ0v) is 19.2.